The standard InChI is InChI=1S/C17H28O8S4.C16H16O3.C12H15N3O3.C4H3N.2H2/c18-13(1-5-26)22-9-17(10-23-14(19)2-6-27,11-24-15(20)3-7-28)12-25-16(21)4-8-29;1-18-16(19-2,14-11-7-4-8-12-14)15(17)13-9-5-3-6-10-13;1-4-7-13-10(16)14(8-5-2)12(18)15(9-6-3)11(13)17;1-2-3-4-5;;/h26-29H,1-12H2;3-12H,1-2H3;4-6H,1-3,7-9H2;3H,1H2;2*1H/i;;;;1+2T;1+2. The molecule has 18 nitrogen and oxygen atoms in total. The first-order chi connectivity index (χ1) is 35.1. The molecule has 0 N–H and O–H groups in total. The molecule has 3 aromatic rings. The lowest BCUT2D eigenvalue weighted by molar-refractivity contribution is -0.176. The summed E-state index contributed by atoms with van der Waals surface area (Å²) < 4.78 is 44.5. The molecule has 3 rings (SSSR count). The summed E-state index contributed by atoms with van der Waals surface area (Å²) in [5.41, 5.74) is 0.268. The third-order valence-electron chi connectivity index (χ3n) is 8.97. The Bertz CT molecular complexity index is 2240. The number of carbonyl (C=O) groups excluding carboxylic acids is 5. The van der Waals surface area contributed by atoms with E-state index >= 15 is 0 Å². The number of allylic oxidation sites excluding steroid dienone is 4. The van der Waals surface area contributed by atoms with Gasteiger partial charge in [-0.2, -0.15) is 55.8 Å². The maximum Gasteiger partial charge on any atom is 0.336 e. The Morgan fingerprint density at radius 2 is 0.915 bits per heavy atom. The second-order valence-electron chi connectivity index (χ2n) is 14.1. The molecule has 0 saturated heterocycles. The molecule has 22 heteroatoms. The zero-order valence-corrected chi connectivity index (χ0v) is 43.4. The monoisotopic (exact) mass is 1070 g/mol. The number of methoxy groups -OCH3 is 2. The van der Waals surface area contributed by atoms with Gasteiger partial charge in [0.15, 0.2) is 0 Å². The topological polar surface area (TPSA) is 231 Å². The van der Waals surface area contributed by atoms with E-state index in [1.54, 1.807) is 18.2 Å². The lowest BCUT2D eigenvalue weighted by Crippen LogP contribution is -2.54. The Morgan fingerprint density at radius 3 is 1.15 bits per heavy atom. The van der Waals surface area contributed by atoms with Gasteiger partial charge in [-0.05, 0) is 0 Å². The van der Waals surface area contributed by atoms with Gasteiger partial charge >= 0.3 is 40.9 Å². The van der Waals surface area contributed by atoms with Gasteiger partial charge in [-0.1, -0.05) is 85.5 Å². The zero-order chi connectivity index (χ0) is 55.7. The summed E-state index contributed by atoms with van der Waals surface area (Å²) in [6.45, 7) is 12.6. The SMILES string of the molecule is C=C=CC#N.C=CCn1c(=O)n(CC=C)c(=O)n(CC=C)c1=O.COC(OC)(C(=O)c1ccccc1)c1ccccc1.O=C(CCS)OCC(COC(=O)CCS)(COC(=O)CCS)COC(=O)CCS.[3HH].[3H][3H]. The molecule has 2 aromatic carbocycles. The number of hydrogen-bond acceptors (Lipinski definition) is 19. The summed E-state index contributed by atoms with van der Waals surface area (Å²) >= 11 is 15.9. The van der Waals surface area contributed by atoms with E-state index in [2.05, 4.69) is 82.6 Å². The number of benzene rings is 2. The third kappa shape index (κ3) is 23.2. The van der Waals surface area contributed by atoms with Crippen LogP contribution in [-0.4, -0.2) is 107 Å². The smallest absolute Gasteiger partial charge is 0.336 e. The third-order valence-corrected chi connectivity index (χ3v) is 9.87. The van der Waals surface area contributed by atoms with Crippen molar-refractivity contribution in [1.82, 2.24) is 13.7 Å². The molecule has 0 unspecified atom stereocenters. The highest BCUT2D eigenvalue weighted by molar-refractivity contribution is 7.80. The molecule has 0 spiro atoms. The van der Waals surface area contributed by atoms with Crippen molar-refractivity contribution in [2.45, 2.75) is 51.1 Å². The number of nitrogens with zero attached hydrogens (tertiary/aromatic N) is 4. The van der Waals surface area contributed by atoms with E-state index < -0.39 is 52.1 Å². The van der Waals surface area contributed by atoms with Crippen molar-refractivity contribution < 1.29 is 56.8 Å². The van der Waals surface area contributed by atoms with Crippen LogP contribution in [0, 0.1) is 16.7 Å². The van der Waals surface area contributed by atoms with Crippen molar-refractivity contribution in [3.05, 3.63) is 160 Å². The first-order valence-electron chi connectivity index (χ1n) is 22.4. The predicted molar refractivity (Wildman–Crippen MR) is 286 cm³/mol. The highest BCUT2D eigenvalue weighted by Crippen LogP contribution is 2.30. The van der Waals surface area contributed by atoms with Crippen molar-refractivity contribution in [3.8, 4) is 6.07 Å². The van der Waals surface area contributed by atoms with E-state index in [-0.39, 0.29) is 102 Å². The number of Topliss-reactive ketones (excluding diaryl/α,β-unsaturated/α-hetero) is 1. The van der Waals surface area contributed by atoms with Gasteiger partial charge in [0.05, 0.1) is 57.5 Å². The number of ether oxygens (including phenoxy) is 6. The molecule has 0 fully saturated rings. The van der Waals surface area contributed by atoms with Crippen LogP contribution in [0.5, 0.6) is 0 Å². The zero-order valence-electron chi connectivity index (χ0n) is 41.8. The highest BCUT2D eigenvalue weighted by atomic mass is 32.1. The minimum absolute atomic E-state index is 0. The molecule has 0 atom stereocenters. The van der Waals surface area contributed by atoms with Gasteiger partial charge in [-0.25, -0.2) is 28.1 Å². The summed E-state index contributed by atoms with van der Waals surface area (Å²) in [5.74, 6) is -2.60. The molecule has 390 valence electrons. The minimum atomic E-state index is -1.40. The van der Waals surface area contributed by atoms with Crippen molar-refractivity contribution in [3.63, 3.8) is 0 Å². The van der Waals surface area contributed by atoms with Crippen LogP contribution >= 0.6 is 50.5 Å². The number of aromatic nitrogens is 3. The summed E-state index contributed by atoms with van der Waals surface area (Å²) in [5, 5.41) is 7.66. The number of esters is 4. The number of rotatable bonds is 27. The highest BCUT2D eigenvalue weighted by Gasteiger charge is 2.41. The number of thiol groups is 4. The van der Waals surface area contributed by atoms with E-state index in [1.807, 2.05) is 48.5 Å². The maximum absolute atomic E-state index is 12.7. The first kappa shape index (κ1) is 63.0. The van der Waals surface area contributed by atoms with E-state index in [0.717, 1.165) is 13.7 Å². The molecular weight excluding hydrogens is 997 g/mol. The number of hydrogen-bond donors (Lipinski definition) is 4. The lowest BCUT2D eigenvalue weighted by atomic mass is 9.92. The van der Waals surface area contributed by atoms with Gasteiger partial charge in [0.25, 0.3) is 5.79 Å². The fraction of sp³-hybridized carbons (Fsp3) is 0.388. The minimum Gasteiger partial charge on any atom is -0.465 e. The molecule has 1 aromatic heterocycles. The average Bonchev–Trinajstić information content (AvgIpc) is 3.40. The molecule has 71 heavy (non-hydrogen) atoms. The Morgan fingerprint density at radius 1 is 0.606 bits per heavy atom. The molecule has 0 bridgehead atoms. The fourth-order valence-electron chi connectivity index (χ4n) is 5.49. The van der Waals surface area contributed by atoms with Crippen LogP contribution in [0.15, 0.2) is 131 Å². The van der Waals surface area contributed by atoms with Gasteiger partial charge in [0.1, 0.15) is 31.8 Å². The van der Waals surface area contributed by atoms with E-state index in [1.165, 1.54) is 38.5 Å². The van der Waals surface area contributed by atoms with Gasteiger partial charge < -0.3 is 28.4 Å². The summed E-state index contributed by atoms with van der Waals surface area (Å²) in [6.07, 6.45) is 5.72. The maximum atomic E-state index is 12.7. The van der Waals surface area contributed by atoms with Gasteiger partial charge in [0.2, 0.25) is 5.78 Å². The largest absolute Gasteiger partial charge is 0.465 e. The first-order valence-corrected chi connectivity index (χ1v) is 23.9. The number of carbonyl (C=O) groups is 5. The number of ketones is 1. The van der Waals surface area contributed by atoms with Crippen LogP contribution in [0.25, 0.3) is 0 Å². The van der Waals surface area contributed by atoms with Gasteiger partial charge in [-0.3, -0.25) is 24.0 Å². The molecule has 0 amide bonds. The second kappa shape index (κ2) is 37.7. The van der Waals surface area contributed by atoms with Crippen LogP contribution in [0.4, 0.5) is 0 Å². The quantitative estimate of drug-likeness (QED) is 0.0108. The normalized spacial score (nSPS) is 10.4. The van der Waals surface area contributed by atoms with E-state index in [4.69, 9.17) is 36.7 Å². The lowest BCUT2D eigenvalue weighted by Gasteiger charge is -2.31. The average molecular weight is 1070 g/mol. The van der Waals surface area contributed by atoms with Crippen LogP contribution in [-0.2, 0) is 73.0 Å². The molecule has 0 radical (unpaired) electrons. The van der Waals surface area contributed by atoms with Crippen molar-refractivity contribution in [2.24, 2.45) is 5.41 Å². The Hall–Kier alpha value is -6.05. The van der Waals surface area contributed by atoms with Crippen molar-refractivity contribution in [1.29, 1.82) is 5.26 Å². The molecule has 0 saturated carbocycles. The Kier molecular flexibility index (Phi) is 33.5. The summed E-state index contributed by atoms with van der Waals surface area (Å²) in [6, 6.07) is 19.9. The predicted octanol–water partition coefficient (Wildman–Crippen LogP) is 5.51. The van der Waals surface area contributed by atoms with E-state index in [0.29, 0.717) is 11.1 Å². The van der Waals surface area contributed by atoms with Crippen LogP contribution < -0.4 is 17.1 Å². The van der Waals surface area contributed by atoms with Crippen molar-refractivity contribution in [2.75, 3.05) is 63.7 Å². The Labute approximate surface area is 439 Å². The molecular formula is C49H66N4O14S4. The number of nitriles is 1. The summed E-state index contributed by atoms with van der Waals surface area (Å²) in [4.78, 5) is 95.6. The van der Waals surface area contributed by atoms with E-state index in [9.17, 15) is 38.4 Å². The molecule has 0 aliphatic carbocycles. The van der Waals surface area contributed by atoms with Crippen LogP contribution in [0.2, 0.25) is 0 Å². The molecule has 0 aliphatic heterocycles. The second-order valence-corrected chi connectivity index (χ2v) is 15.9. The molecule has 0 aliphatic rings. The van der Waals surface area contributed by atoms with Gasteiger partial charge in [0, 0.05) is 52.8 Å². The van der Waals surface area contributed by atoms with Gasteiger partial charge in [-0.15, -0.1) is 25.5 Å². The summed E-state index contributed by atoms with van der Waals surface area (Å²) in [7, 11) is 2.94. The van der Waals surface area contributed by atoms with Crippen LogP contribution in [0.1, 0.15) is 46.0 Å². The van der Waals surface area contributed by atoms with Crippen LogP contribution in [0.3, 0.4) is 0 Å². The fourth-order valence-corrected chi connectivity index (χ4v) is 6.23. The Balaban J connectivity index is -0.000000979. The molecule has 1 heterocycles. The van der Waals surface area contributed by atoms with Crippen molar-refractivity contribution >= 4 is 80.2 Å².